The molecule has 0 spiro atoms. The van der Waals surface area contributed by atoms with E-state index in [0.717, 1.165) is 18.6 Å². The summed E-state index contributed by atoms with van der Waals surface area (Å²) in [4.78, 5) is 0. The number of fused-ring (bicyclic) bond motifs is 1. The van der Waals surface area contributed by atoms with E-state index in [4.69, 9.17) is 0 Å². The first kappa shape index (κ1) is 6.58. The first-order valence-electron chi connectivity index (χ1n) is 4.11. The van der Waals surface area contributed by atoms with Crippen LogP contribution < -0.4 is 16.0 Å². The van der Waals surface area contributed by atoms with Gasteiger partial charge in [-0.25, -0.2) is 0 Å². The Morgan fingerprint density at radius 1 is 1.10 bits per heavy atom. The molecule has 2 unspecified atom stereocenters. The zero-order valence-corrected chi connectivity index (χ0v) is 6.19. The lowest BCUT2D eigenvalue weighted by Crippen LogP contribution is -2.57. The highest BCUT2D eigenvalue weighted by molar-refractivity contribution is 4.87. The van der Waals surface area contributed by atoms with Crippen molar-refractivity contribution in [2.45, 2.75) is 12.5 Å². The van der Waals surface area contributed by atoms with Gasteiger partial charge in [0.2, 0.25) is 0 Å². The third-order valence-electron chi connectivity index (χ3n) is 2.50. The molecular weight excluding hydrogens is 126 g/mol. The fourth-order valence-corrected chi connectivity index (χ4v) is 1.87. The standard InChI is InChI=1S/C7H15N3/c1-2-8-3-6-4-9-5-10-7(1)6/h6-10H,1-5H2. The van der Waals surface area contributed by atoms with Gasteiger partial charge in [-0.05, 0) is 18.9 Å². The summed E-state index contributed by atoms with van der Waals surface area (Å²) < 4.78 is 0. The molecule has 0 aliphatic carbocycles. The molecule has 2 atom stereocenters. The first-order chi connectivity index (χ1) is 4.97. The lowest BCUT2D eigenvalue weighted by molar-refractivity contribution is 0.227. The molecule has 2 rings (SSSR count). The molecule has 3 nitrogen and oxygen atoms in total. The van der Waals surface area contributed by atoms with E-state index in [1.165, 1.54) is 26.1 Å². The number of hydrogen-bond acceptors (Lipinski definition) is 3. The summed E-state index contributed by atoms with van der Waals surface area (Å²) in [6.45, 7) is 4.56. The van der Waals surface area contributed by atoms with E-state index in [9.17, 15) is 0 Å². The largest absolute Gasteiger partial charge is 0.316 e. The van der Waals surface area contributed by atoms with Crippen molar-refractivity contribution in [3.63, 3.8) is 0 Å². The fraction of sp³-hybridized carbons (Fsp3) is 1.00. The minimum absolute atomic E-state index is 0.780. The maximum absolute atomic E-state index is 3.47. The molecule has 0 saturated carbocycles. The van der Waals surface area contributed by atoms with Crippen LogP contribution in [0.4, 0.5) is 0 Å². The third-order valence-corrected chi connectivity index (χ3v) is 2.50. The van der Waals surface area contributed by atoms with Gasteiger partial charge in [0, 0.05) is 25.8 Å². The molecule has 10 heavy (non-hydrogen) atoms. The maximum Gasteiger partial charge on any atom is 0.0456 e. The third kappa shape index (κ3) is 1.17. The van der Waals surface area contributed by atoms with E-state index < -0.39 is 0 Å². The second-order valence-electron chi connectivity index (χ2n) is 3.19. The highest BCUT2D eigenvalue weighted by Crippen LogP contribution is 2.11. The summed E-state index contributed by atoms with van der Waals surface area (Å²) in [5.41, 5.74) is 0. The van der Waals surface area contributed by atoms with Crippen LogP contribution in [-0.4, -0.2) is 32.3 Å². The van der Waals surface area contributed by atoms with Gasteiger partial charge in [-0.15, -0.1) is 0 Å². The molecule has 0 aromatic heterocycles. The molecule has 2 heterocycles. The van der Waals surface area contributed by atoms with E-state index in [1.54, 1.807) is 0 Å². The van der Waals surface area contributed by atoms with Crippen molar-refractivity contribution in [3.8, 4) is 0 Å². The molecule has 3 heteroatoms. The zero-order valence-electron chi connectivity index (χ0n) is 6.19. The molecule has 58 valence electrons. The highest BCUT2D eigenvalue weighted by Gasteiger charge is 2.26. The van der Waals surface area contributed by atoms with Crippen LogP contribution in [0.2, 0.25) is 0 Å². The van der Waals surface area contributed by atoms with Crippen LogP contribution >= 0.6 is 0 Å². The van der Waals surface area contributed by atoms with Crippen molar-refractivity contribution in [1.29, 1.82) is 0 Å². The van der Waals surface area contributed by atoms with Gasteiger partial charge in [0.1, 0.15) is 0 Å². The summed E-state index contributed by atoms with van der Waals surface area (Å²) in [7, 11) is 0. The molecule has 0 aromatic rings. The zero-order chi connectivity index (χ0) is 6.81. The van der Waals surface area contributed by atoms with E-state index >= 15 is 0 Å². The summed E-state index contributed by atoms with van der Waals surface area (Å²) in [5, 5.41) is 10.2. The van der Waals surface area contributed by atoms with Gasteiger partial charge in [-0.2, -0.15) is 0 Å². The Labute approximate surface area is 61.6 Å². The molecule has 0 amide bonds. The van der Waals surface area contributed by atoms with Crippen LogP contribution in [0.3, 0.4) is 0 Å². The number of hydrogen-bond donors (Lipinski definition) is 3. The Bertz CT molecular complexity index is 89.4. The van der Waals surface area contributed by atoms with Gasteiger partial charge in [-0.1, -0.05) is 0 Å². The van der Waals surface area contributed by atoms with Gasteiger partial charge in [0.25, 0.3) is 0 Å². The van der Waals surface area contributed by atoms with E-state index in [0.29, 0.717) is 0 Å². The minimum Gasteiger partial charge on any atom is -0.316 e. The van der Waals surface area contributed by atoms with Crippen molar-refractivity contribution in [3.05, 3.63) is 0 Å². The minimum atomic E-state index is 0.780. The second kappa shape index (κ2) is 2.86. The summed E-state index contributed by atoms with van der Waals surface area (Å²) in [5.74, 6) is 0.822. The van der Waals surface area contributed by atoms with Crippen LogP contribution in [0, 0.1) is 5.92 Å². The molecule has 0 bridgehead atoms. The SMILES string of the molecule is C1CC2NCNCC2CN1. The molecule has 0 radical (unpaired) electrons. The van der Waals surface area contributed by atoms with E-state index in [-0.39, 0.29) is 0 Å². The lowest BCUT2D eigenvalue weighted by Gasteiger charge is -2.37. The Morgan fingerprint density at radius 3 is 2.90 bits per heavy atom. The molecule has 2 aliphatic heterocycles. The smallest absolute Gasteiger partial charge is 0.0456 e. The molecular formula is C7H15N3. The van der Waals surface area contributed by atoms with Crippen molar-refractivity contribution in [1.82, 2.24) is 16.0 Å². The Morgan fingerprint density at radius 2 is 2.00 bits per heavy atom. The Balaban J connectivity index is 1.93. The molecule has 2 fully saturated rings. The Hall–Kier alpha value is -0.120. The average molecular weight is 141 g/mol. The predicted octanol–water partition coefficient (Wildman–Crippen LogP) is -0.885. The van der Waals surface area contributed by atoms with E-state index in [1.807, 2.05) is 0 Å². The second-order valence-corrected chi connectivity index (χ2v) is 3.19. The molecule has 2 aliphatic rings. The monoisotopic (exact) mass is 141 g/mol. The van der Waals surface area contributed by atoms with Crippen LogP contribution in [-0.2, 0) is 0 Å². The summed E-state index contributed by atoms with van der Waals surface area (Å²) >= 11 is 0. The first-order valence-corrected chi connectivity index (χ1v) is 4.11. The van der Waals surface area contributed by atoms with Crippen LogP contribution in [0.15, 0.2) is 0 Å². The van der Waals surface area contributed by atoms with Crippen LogP contribution in [0.5, 0.6) is 0 Å². The predicted molar refractivity (Wildman–Crippen MR) is 40.8 cm³/mol. The normalized spacial score (nSPS) is 40.8. The van der Waals surface area contributed by atoms with Gasteiger partial charge in [-0.3, -0.25) is 0 Å². The lowest BCUT2D eigenvalue weighted by atomic mass is 9.92. The quantitative estimate of drug-likeness (QED) is 0.410. The van der Waals surface area contributed by atoms with Crippen molar-refractivity contribution in [2.24, 2.45) is 5.92 Å². The molecule has 0 aromatic carbocycles. The van der Waals surface area contributed by atoms with Gasteiger partial charge < -0.3 is 16.0 Å². The topological polar surface area (TPSA) is 36.1 Å². The maximum atomic E-state index is 3.47. The average Bonchev–Trinajstić information content (AvgIpc) is 2.05. The van der Waals surface area contributed by atoms with Crippen molar-refractivity contribution in [2.75, 3.05) is 26.3 Å². The number of piperidine rings is 1. The number of rotatable bonds is 0. The van der Waals surface area contributed by atoms with Gasteiger partial charge in [0.15, 0.2) is 0 Å². The molecule has 2 saturated heterocycles. The van der Waals surface area contributed by atoms with E-state index in [2.05, 4.69) is 16.0 Å². The summed E-state index contributed by atoms with van der Waals surface area (Å²) in [6, 6.07) is 0.780. The fourth-order valence-electron chi connectivity index (χ4n) is 1.87. The summed E-state index contributed by atoms with van der Waals surface area (Å²) in [6.07, 6.45) is 1.30. The highest BCUT2D eigenvalue weighted by atomic mass is 15.1. The van der Waals surface area contributed by atoms with Gasteiger partial charge in [0.05, 0.1) is 0 Å². The Kier molecular flexibility index (Phi) is 1.88. The molecule has 3 N–H and O–H groups in total. The number of nitrogens with one attached hydrogen (secondary N) is 3. The van der Waals surface area contributed by atoms with Crippen molar-refractivity contribution < 1.29 is 0 Å². The van der Waals surface area contributed by atoms with Gasteiger partial charge >= 0.3 is 0 Å². The van der Waals surface area contributed by atoms with Crippen LogP contribution in [0.1, 0.15) is 6.42 Å². The van der Waals surface area contributed by atoms with Crippen LogP contribution in [0.25, 0.3) is 0 Å². The van der Waals surface area contributed by atoms with Crippen molar-refractivity contribution >= 4 is 0 Å².